The van der Waals surface area contributed by atoms with E-state index in [0.29, 0.717) is 17.5 Å². The summed E-state index contributed by atoms with van der Waals surface area (Å²) >= 11 is 1.82. The highest BCUT2D eigenvalue weighted by atomic mass is 32.1. The summed E-state index contributed by atoms with van der Waals surface area (Å²) in [6, 6.07) is 58.5. The van der Waals surface area contributed by atoms with E-state index in [9.17, 15) is 0 Å². The average Bonchev–Trinajstić information content (AvgIpc) is 3.83. The molecular formula is C48H28N4OS. The lowest BCUT2D eigenvalue weighted by Crippen LogP contribution is -2.00. The van der Waals surface area contributed by atoms with Crippen LogP contribution in [0.4, 0.5) is 0 Å². The van der Waals surface area contributed by atoms with E-state index in [0.717, 1.165) is 71.9 Å². The van der Waals surface area contributed by atoms with Crippen LogP contribution in [0.2, 0.25) is 0 Å². The first-order valence-electron chi connectivity index (χ1n) is 17.9. The molecule has 0 fully saturated rings. The lowest BCUT2D eigenvalue weighted by atomic mass is 9.98. The Morgan fingerprint density at radius 3 is 1.70 bits per heavy atom. The van der Waals surface area contributed by atoms with Crippen LogP contribution in [-0.2, 0) is 0 Å². The third kappa shape index (κ3) is 4.99. The second-order valence-corrected chi connectivity index (χ2v) is 14.4. The van der Waals surface area contributed by atoms with Crippen LogP contribution in [0.1, 0.15) is 0 Å². The van der Waals surface area contributed by atoms with Gasteiger partial charge in [0.15, 0.2) is 17.5 Å². The third-order valence-electron chi connectivity index (χ3n) is 10.1. The molecule has 0 unspecified atom stereocenters. The van der Waals surface area contributed by atoms with Gasteiger partial charge in [-0.15, -0.1) is 11.3 Å². The van der Waals surface area contributed by atoms with Crippen molar-refractivity contribution in [2.75, 3.05) is 0 Å². The summed E-state index contributed by atoms with van der Waals surface area (Å²) < 4.78 is 8.90. The number of para-hydroxylation sites is 2. The summed E-state index contributed by atoms with van der Waals surface area (Å²) in [6.07, 6.45) is 0. The van der Waals surface area contributed by atoms with Crippen molar-refractivity contribution >= 4 is 64.4 Å². The van der Waals surface area contributed by atoms with Gasteiger partial charge in [-0.1, -0.05) is 152 Å². The zero-order chi connectivity index (χ0) is 35.6. The zero-order valence-corrected chi connectivity index (χ0v) is 29.6. The summed E-state index contributed by atoms with van der Waals surface area (Å²) in [4.78, 5) is 20.2. The first-order valence-corrected chi connectivity index (χ1v) is 18.7. The molecule has 7 aromatic carbocycles. The van der Waals surface area contributed by atoms with Gasteiger partial charge in [-0.05, 0) is 23.8 Å². The largest absolute Gasteiger partial charge is 0.455 e. The Morgan fingerprint density at radius 1 is 0.407 bits per heavy atom. The topological polar surface area (TPSA) is 64.7 Å². The maximum Gasteiger partial charge on any atom is 0.164 e. The number of pyridine rings is 1. The van der Waals surface area contributed by atoms with Crippen molar-refractivity contribution in [3.63, 3.8) is 0 Å². The predicted octanol–water partition coefficient (Wildman–Crippen LogP) is 13.0. The molecule has 0 N–H and O–H groups in total. The molecule has 11 rings (SSSR count). The SMILES string of the molecule is c1ccc(-c2nc(-c3ccccc3)nc(-c3ccc(-c4nc5cc(-c6cccc7c6oc6ccccc67)ccc5c5sc6ccccc6c45)cc3)n2)cc1. The number of furan rings is 1. The van der Waals surface area contributed by atoms with Crippen LogP contribution in [0.25, 0.3) is 110 Å². The fourth-order valence-electron chi connectivity index (χ4n) is 7.53. The van der Waals surface area contributed by atoms with Gasteiger partial charge in [0.2, 0.25) is 0 Å². The summed E-state index contributed by atoms with van der Waals surface area (Å²) in [7, 11) is 0. The second kappa shape index (κ2) is 12.3. The van der Waals surface area contributed by atoms with Crippen LogP contribution in [-0.4, -0.2) is 19.9 Å². The van der Waals surface area contributed by atoms with Gasteiger partial charge in [0.1, 0.15) is 11.2 Å². The molecule has 252 valence electrons. The van der Waals surface area contributed by atoms with E-state index >= 15 is 0 Å². The first kappa shape index (κ1) is 30.6. The van der Waals surface area contributed by atoms with E-state index in [-0.39, 0.29) is 0 Å². The molecule has 4 heterocycles. The van der Waals surface area contributed by atoms with E-state index < -0.39 is 0 Å². The summed E-state index contributed by atoms with van der Waals surface area (Å²) in [5.74, 6) is 1.90. The molecule has 0 spiro atoms. The van der Waals surface area contributed by atoms with Gasteiger partial charge in [-0.25, -0.2) is 19.9 Å². The predicted molar refractivity (Wildman–Crippen MR) is 222 cm³/mol. The second-order valence-electron chi connectivity index (χ2n) is 13.4. The number of aromatic nitrogens is 4. The van der Waals surface area contributed by atoms with Gasteiger partial charge >= 0.3 is 0 Å². The minimum absolute atomic E-state index is 0.622. The standard InChI is InChI=1S/C48H28N4OS/c1-3-12-30(13-4-1)46-50-47(31-14-5-2-6-15-31)52-48(51-46)32-24-22-29(23-25-32)43-42-38-17-8-10-21-41(38)54-45(42)37-27-26-33(28-39(37)49-43)34-18-11-19-36-35-16-7-9-20-40(35)53-44(34)36/h1-28H. The van der Waals surface area contributed by atoms with Crippen molar-refractivity contribution in [3.8, 4) is 56.5 Å². The van der Waals surface area contributed by atoms with Crippen molar-refractivity contribution in [2.45, 2.75) is 0 Å². The van der Waals surface area contributed by atoms with Gasteiger partial charge in [0.25, 0.3) is 0 Å². The molecule has 0 amide bonds. The van der Waals surface area contributed by atoms with E-state index in [1.807, 2.05) is 84.1 Å². The van der Waals surface area contributed by atoms with Crippen LogP contribution >= 0.6 is 11.3 Å². The highest BCUT2D eigenvalue weighted by Gasteiger charge is 2.19. The number of thiophene rings is 1. The highest BCUT2D eigenvalue weighted by Crippen LogP contribution is 2.44. The Hall–Kier alpha value is -7.02. The van der Waals surface area contributed by atoms with E-state index in [4.69, 9.17) is 24.4 Å². The summed E-state index contributed by atoms with van der Waals surface area (Å²) in [5, 5.41) is 5.75. The van der Waals surface area contributed by atoms with Crippen molar-refractivity contribution in [2.24, 2.45) is 0 Å². The summed E-state index contributed by atoms with van der Waals surface area (Å²) in [5.41, 5.74) is 9.61. The number of hydrogen-bond donors (Lipinski definition) is 0. The van der Waals surface area contributed by atoms with Crippen molar-refractivity contribution < 1.29 is 4.42 Å². The molecule has 6 heteroatoms. The van der Waals surface area contributed by atoms with Crippen LogP contribution in [0.3, 0.4) is 0 Å². The molecule has 0 atom stereocenters. The maximum atomic E-state index is 6.43. The van der Waals surface area contributed by atoms with E-state index in [1.54, 1.807) is 0 Å². The quantitative estimate of drug-likeness (QED) is 0.178. The normalized spacial score (nSPS) is 11.7. The van der Waals surface area contributed by atoms with E-state index in [1.165, 1.54) is 20.2 Å². The molecule has 0 aliphatic carbocycles. The highest BCUT2D eigenvalue weighted by molar-refractivity contribution is 7.26. The first-order chi connectivity index (χ1) is 26.7. The molecule has 0 aliphatic heterocycles. The van der Waals surface area contributed by atoms with Crippen LogP contribution in [0.5, 0.6) is 0 Å². The molecule has 0 saturated heterocycles. The molecule has 5 nitrogen and oxygen atoms in total. The van der Waals surface area contributed by atoms with Gasteiger partial charge < -0.3 is 4.42 Å². The number of fused-ring (bicyclic) bond motifs is 8. The Bertz CT molecular complexity index is 3150. The van der Waals surface area contributed by atoms with Crippen molar-refractivity contribution in [1.29, 1.82) is 0 Å². The molecule has 11 aromatic rings. The molecule has 0 saturated carbocycles. The van der Waals surface area contributed by atoms with Crippen LogP contribution in [0.15, 0.2) is 174 Å². The van der Waals surface area contributed by atoms with Crippen molar-refractivity contribution in [3.05, 3.63) is 170 Å². The van der Waals surface area contributed by atoms with Gasteiger partial charge in [-0.3, -0.25) is 0 Å². The number of nitrogens with zero attached hydrogens (tertiary/aromatic N) is 4. The molecule has 0 radical (unpaired) electrons. The number of hydrogen-bond acceptors (Lipinski definition) is 6. The molecule has 4 aromatic heterocycles. The Morgan fingerprint density at radius 2 is 0.981 bits per heavy atom. The minimum atomic E-state index is 0.622. The van der Waals surface area contributed by atoms with Gasteiger partial charge in [-0.2, -0.15) is 0 Å². The lowest BCUT2D eigenvalue weighted by Gasteiger charge is -2.11. The minimum Gasteiger partial charge on any atom is -0.455 e. The monoisotopic (exact) mass is 708 g/mol. The fourth-order valence-corrected chi connectivity index (χ4v) is 8.77. The molecule has 0 aliphatic rings. The maximum absolute atomic E-state index is 6.43. The summed E-state index contributed by atoms with van der Waals surface area (Å²) in [6.45, 7) is 0. The number of rotatable bonds is 5. The van der Waals surface area contributed by atoms with E-state index in [2.05, 4.69) is 97.1 Å². The fraction of sp³-hybridized carbons (Fsp3) is 0. The zero-order valence-electron chi connectivity index (χ0n) is 28.8. The number of benzene rings is 7. The Kier molecular flexibility index (Phi) is 6.97. The third-order valence-corrected chi connectivity index (χ3v) is 11.3. The Labute approximate surface area is 313 Å². The average molecular weight is 709 g/mol. The van der Waals surface area contributed by atoms with Crippen LogP contribution in [0, 0.1) is 0 Å². The van der Waals surface area contributed by atoms with Gasteiger partial charge in [0, 0.05) is 64.1 Å². The molecular weight excluding hydrogens is 681 g/mol. The molecule has 0 bridgehead atoms. The Balaban J connectivity index is 1.07. The molecule has 54 heavy (non-hydrogen) atoms. The van der Waals surface area contributed by atoms with Crippen molar-refractivity contribution in [1.82, 2.24) is 19.9 Å². The van der Waals surface area contributed by atoms with Crippen LogP contribution < -0.4 is 0 Å². The smallest absolute Gasteiger partial charge is 0.164 e. The lowest BCUT2D eigenvalue weighted by molar-refractivity contribution is 0.670. The van der Waals surface area contributed by atoms with Gasteiger partial charge in [0.05, 0.1) is 11.2 Å².